The highest BCUT2D eigenvalue weighted by molar-refractivity contribution is 7.91. The van der Waals surface area contributed by atoms with Crippen molar-refractivity contribution in [2.75, 3.05) is 0 Å². The number of thiophene rings is 1. The van der Waals surface area contributed by atoms with Crippen molar-refractivity contribution < 1.29 is 18.0 Å². The summed E-state index contributed by atoms with van der Waals surface area (Å²) in [6.45, 7) is 0. The second-order valence-electron chi connectivity index (χ2n) is 5.58. The lowest BCUT2D eigenvalue weighted by Gasteiger charge is -2.10. The van der Waals surface area contributed by atoms with E-state index in [2.05, 4.69) is 4.98 Å². The van der Waals surface area contributed by atoms with Crippen LogP contribution in [0.25, 0.3) is 21.0 Å². The normalized spacial score (nSPS) is 12.1. The molecule has 0 atom stereocenters. The number of hydrogen-bond donors (Lipinski definition) is 2. The van der Waals surface area contributed by atoms with E-state index in [1.54, 1.807) is 5.38 Å². The van der Waals surface area contributed by atoms with Crippen LogP contribution in [0, 0.1) is 5.82 Å². The van der Waals surface area contributed by atoms with Crippen LogP contribution in [-0.2, 0) is 9.84 Å². The zero-order chi connectivity index (χ0) is 19.5. The van der Waals surface area contributed by atoms with E-state index in [1.807, 2.05) is 0 Å². The zero-order valence-corrected chi connectivity index (χ0v) is 15.5. The van der Waals surface area contributed by atoms with Gasteiger partial charge < -0.3 is 10.2 Å². The number of aromatic nitrogens is 2. The molecule has 4 aromatic rings. The van der Waals surface area contributed by atoms with E-state index in [9.17, 15) is 27.6 Å². The Balaban J connectivity index is 2.10. The van der Waals surface area contributed by atoms with Crippen LogP contribution in [-0.4, -0.2) is 23.3 Å². The second kappa shape index (κ2) is 5.91. The molecule has 0 amide bonds. The molecule has 0 saturated carbocycles. The first kappa shape index (κ1) is 17.7. The third-order valence-corrected chi connectivity index (χ3v) is 7.00. The SMILES string of the molecule is O=c1[nH]c2c(S(=O)(=O)c3cc(F)c4ccsc4c3)ccc(Cl)c2c(=O)n1O. The Morgan fingerprint density at radius 2 is 1.93 bits per heavy atom. The van der Waals surface area contributed by atoms with Gasteiger partial charge in [-0.2, -0.15) is 0 Å². The van der Waals surface area contributed by atoms with Gasteiger partial charge in [0.25, 0.3) is 5.56 Å². The number of nitrogens with one attached hydrogen (secondary N) is 1. The van der Waals surface area contributed by atoms with Crippen molar-refractivity contribution in [2.24, 2.45) is 0 Å². The van der Waals surface area contributed by atoms with Gasteiger partial charge in [0.1, 0.15) is 5.82 Å². The summed E-state index contributed by atoms with van der Waals surface area (Å²) >= 11 is 7.11. The summed E-state index contributed by atoms with van der Waals surface area (Å²) in [5, 5.41) is 10.9. The highest BCUT2D eigenvalue weighted by Crippen LogP contribution is 2.33. The van der Waals surface area contributed by atoms with E-state index < -0.39 is 31.8 Å². The quantitative estimate of drug-likeness (QED) is 0.479. The topological polar surface area (TPSA) is 109 Å². The molecule has 2 aromatic carbocycles. The maximum absolute atomic E-state index is 14.3. The van der Waals surface area contributed by atoms with E-state index in [4.69, 9.17) is 11.6 Å². The van der Waals surface area contributed by atoms with Gasteiger partial charge in [0.05, 0.1) is 25.7 Å². The van der Waals surface area contributed by atoms with Crippen molar-refractivity contribution >= 4 is 53.8 Å². The van der Waals surface area contributed by atoms with Crippen molar-refractivity contribution in [3.05, 3.63) is 67.4 Å². The van der Waals surface area contributed by atoms with Crippen LogP contribution in [0.5, 0.6) is 0 Å². The van der Waals surface area contributed by atoms with Gasteiger partial charge in [-0.25, -0.2) is 17.6 Å². The fraction of sp³-hybridized carbons (Fsp3) is 0. The summed E-state index contributed by atoms with van der Waals surface area (Å²) in [6.07, 6.45) is 0. The van der Waals surface area contributed by atoms with Gasteiger partial charge in [-0.3, -0.25) is 4.79 Å². The Morgan fingerprint density at radius 3 is 2.67 bits per heavy atom. The van der Waals surface area contributed by atoms with Crippen LogP contribution in [0.4, 0.5) is 4.39 Å². The number of halogens is 2. The predicted molar refractivity (Wildman–Crippen MR) is 98.3 cm³/mol. The Morgan fingerprint density at radius 1 is 1.19 bits per heavy atom. The molecular formula is C16H8ClFN2O5S2. The maximum atomic E-state index is 14.3. The fourth-order valence-electron chi connectivity index (χ4n) is 2.76. The summed E-state index contributed by atoms with van der Waals surface area (Å²) < 4.78 is 40.7. The lowest BCUT2D eigenvalue weighted by molar-refractivity contribution is 0.162. The zero-order valence-electron chi connectivity index (χ0n) is 13.1. The molecule has 0 bridgehead atoms. The number of rotatable bonds is 2. The van der Waals surface area contributed by atoms with Gasteiger partial charge in [-0.05, 0) is 35.7 Å². The van der Waals surface area contributed by atoms with E-state index in [1.165, 1.54) is 23.5 Å². The van der Waals surface area contributed by atoms with E-state index in [-0.39, 0.29) is 30.9 Å². The minimum absolute atomic E-state index is 0.159. The van der Waals surface area contributed by atoms with Crippen molar-refractivity contribution in [3.63, 3.8) is 0 Å². The lowest BCUT2D eigenvalue weighted by atomic mass is 10.2. The second-order valence-corrected chi connectivity index (χ2v) is 8.86. The van der Waals surface area contributed by atoms with Crippen LogP contribution in [0.3, 0.4) is 0 Å². The number of fused-ring (bicyclic) bond motifs is 2. The molecule has 11 heteroatoms. The average Bonchev–Trinajstić information content (AvgIpc) is 3.09. The molecule has 0 aliphatic heterocycles. The largest absolute Gasteiger partial charge is 0.421 e. The number of aromatic amines is 1. The summed E-state index contributed by atoms with van der Waals surface area (Å²) in [6, 6.07) is 5.97. The van der Waals surface area contributed by atoms with Crippen LogP contribution >= 0.6 is 22.9 Å². The molecule has 4 rings (SSSR count). The summed E-state index contributed by atoms with van der Waals surface area (Å²) in [5.41, 5.74) is -2.77. The van der Waals surface area contributed by atoms with E-state index in [0.29, 0.717) is 4.70 Å². The molecule has 0 unspecified atom stereocenters. The van der Waals surface area contributed by atoms with Crippen molar-refractivity contribution in [2.45, 2.75) is 9.79 Å². The van der Waals surface area contributed by atoms with Gasteiger partial charge in [0, 0.05) is 10.1 Å². The number of benzene rings is 2. The summed E-state index contributed by atoms with van der Waals surface area (Å²) in [4.78, 5) is 25.2. The highest BCUT2D eigenvalue weighted by Gasteiger charge is 2.25. The first-order valence-corrected chi connectivity index (χ1v) is 10.0. The predicted octanol–water partition coefficient (Wildman–Crippen LogP) is 2.77. The van der Waals surface area contributed by atoms with Crippen molar-refractivity contribution in [1.82, 2.24) is 9.71 Å². The van der Waals surface area contributed by atoms with Gasteiger partial charge >= 0.3 is 5.69 Å². The standard InChI is InChI=1S/C16H8ClFN2O5S2/c17-9-1-2-12(14-13(9)15(21)20(23)16(22)19-14)27(24,25)7-5-10(18)8-3-4-26-11(8)6-7/h1-6,23H,(H,19,22). The molecule has 2 heterocycles. The average molecular weight is 427 g/mol. The minimum Gasteiger partial charge on any atom is -0.421 e. The van der Waals surface area contributed by atoms with Crippen LogP contribution in [0.1, 0.15) is 0 Å². The molecule has 0 fully saturated rings. The highest BCUT2D eigenvalue weighted by atomic mass is 35.5. The van der Waals surface area contributed by atoms with E-state index in [0.717, 1.165) is 18.2 Å². The number of nitrogens with zero attached hydrogens (tertiary/aromatic N) is 1. The molecule has 0 aliphatic rings. The summed E-state index contributed by atoms with van der Waals surface area (Å²) in [7, 11) is -4.31. The molecule has 2 N–H and O–H groups in total. The van der Waals surface area contributed by atoms with Gasteiger partial charge in [-0.1, -0.05) is 16.3 Å². The summed E-state index contributed by atoms with van der Waals surface area (Å²) in [5.74, 6) is -0.711. The maximum Gasteiger partial charge on any atom is 0.362 e. The Hall–Kier alpha value is -2.69. The number of hydrogen-bond acceptors (Lipinski definition) is 6. The molecule has 0 radical (unpaired) electrons. The van der Waals surface area contributed by atoms with Gasteiger partial charge in [-0.15, -0.1) is 11.3 Å². The molecule has 138 valence electrons. The van der Waals surface area contributed by atoms with Crippen LogP contribution < -0.4 is 11.2 Å². The molecule has 0 saturated heterocycles. The Bertz CT molecular complexity index is 1470. The first-order chi connectivity index (χ1) is 12.7. The van der Waals surface area contributed by atoms with Crippen molar-refractivity contribution in [1.29, 1.82) is 0 Å². The number of H-pyrrole nitrogens is 1. The van der Waals surface area contributed by atoms with Crippen LogP contribution in [0.2, 0.25) is 5.02 Å². The minimum atomic E-state index is -4.31. The molecule has 0 spiro atoms. The Labute approximate surface area is 158 Å². The molecule has 27 heavy (non-hydrogen) atoms. The van der Waals surface area contributed by atoms with Gasteiger partial charge in [0.2, 0.25) is 9.84 Å². The van der Waals surface area contributed by atoms with Crippen LogP contribution in [0.15, 0.2) is 55.1 Å². The van der Waals surface area contributed by atoms with Gasteiger partial charge in [0.15, 0.2) is 0 Å². The monoisotopic (exact) mass is 426 g/mol. The van der Waals surface area contributed by atoms with E-state index >= 15 is 0 Å². The molecule has 0 aliphatic carbocycles. The smallest absolute Gasteiger partial charge is 0.362 e. The fourth-order valence-corrected chi connectivity index (χ4v) is 5.36. The number of sulfone groups is 1. The molecular weight excluding hydrogens is 419 g/mol. The lowest BCUT2D eigenvalue weighted by Crippen LogP contribution is -2.33. The third kappa shape index (κ3) is 2.56. The third-order valence-electron chi connectivity index (χ3n) is 4.04. The Kier molecular flexibility index (Phi) is 3.88. The van der Waals surface area contributed by atoms with Crippen molar-refractivity contribution in [3.8, 4) is 0 Å². The molecule has 7 nitrogen and oxygen atoms in total. The first-order valence-electron chi connectivity index (χ1n) is 7.30. The molecule has 2 aromatic heterocycles.